The summed E-state index contributed by atoms with van der Waals surface area (Å²) in [7, 11) is 6.07. The number of alkyl halides is 9. The number of aromatic nitrogens is 6. The van der Waals surface area contributed by atoms with Crippen molar-refractivity contribution in [3.63, 3.8) is 0 Å². The first-order valence-corrected chi connectivity index (χ1v) is 25.9. The minimum atomic E-state index is -5.08. The number of anilines is 2. The predicted octanol–water partition coefficient (Wildman–Crippen LogP) is 9.29. The molecule has 4 N–H and O–H groups in total. The molecule has 32 heteroatoms. The highest BCUT2D eigenvalue weighted by atomic mass is 32.1. The van der Waals surface area contributed by atoms with Gasteiger partial charge in [0.1, 0.15) is 18.4 Å². The van der Waals surface area contributed by atoms with Gasteiger partial charge in [0.2, 0.25) is 11.8 Å². The SMILES string of the molecule is COCC(c1cccc(C(F)(F)F)c1)N1CCN(C(=O)Nc2nc3c(OC)ncnc3s2)CC1.COCC(c1cccc(C(F)(F)F)c1)N1CCNCC1.COc1ncnc2sc(NC(=O)Oc3ccccc3)nc12.O=C(O)C(F)(F)F. The number of urea groups is 1. The second-order valence-electron chi connectivity index (χ2n) is 17.2. The van der Waals surface area contributed by atoms with Crippen LogP contribution in [0.25, 0.3) is 20.7 Å². The molecule has 2 aliphatic heterocycles. The average Bonchev–Trinajstić information content (AvgIpc) is 4.15. The van der Waals surface area contributed by atoms with Crippen molar-refractivity contribution < 1.29 is 82.7 Å². The van der Waals surface area contributed by atoms with Gasteiger partial charge in [-0.2, -0.15) is 49.5 Å². The summed E-state index contributed by atoms with van der Waals surface area (Å²) in [4.78, 5) is 65.2. The van der Waals surface area contributed by atoms with Crippen molar-refractivity contribution in [2.24, 2.45) is 0 Å². The normalized spacial score (nSPS) is 14.9. The van der Waals surface area contributed by atoms with Crippen LogP contribution in [-0.4, -0.2) is 168 Å². The summed E-state index contributed by atoms with van der Waals surface area (Å²) in [6, 6.07) is 18.8. The van der Waals surface area contributed by atoms with E-state index in [1.165, 1.54) is 74.9 Å². The van der Waals surface area contributed by atoms with Crippen LogP contribution < -0.4 is 30.2 Å². The van der Waals surface area contributed by atoms with Crippen LogP contribution in [0.15, 0.2) is 91.5 Å². The smallest absolute Gasteiger partial charge is 0.479 e. The number of fused-ring (bicyclic) bond motifs is 2. The third-order valence-electron chi connectivity index (χ3n) is 11.8. The Morgan fingerprint density at radius 3 is 1.50 bits per heavy atom. The molecule has 82 heavy (non-hydrogen) atoms. The van der Waals surface area contributed by atoms with Gasteiger partial charge in [-0.1, -0.05) is 65.1 Å². The van der Waals surface area contributed by atoms with Crippen LogP contribution in [0.5, 0.6) is 17.5 Å². The maximum atomic E-state index is 13.2. The molecule has 0 bridgehead atoms. The van der Waals surface area contributed by atoms with E-state index in [0.29, 0.717) is 92.4 Å². The lowest BCUT2D eigenvalue weighted by Crippen LogP contribution is -2.51. The van der Waals surface area contributed by atoms with Crippen molar-refractivity contribution in [1.82, 2.24) is 49.9 Å². The lowest BCUT2D eigenvalue weighted by atomic mass is 10.0. The quantitative estimate of drug-likeness (QED) is 0.0786. The number of carbonyl (C=O) groups excluding carboxylic acids is 2. The summed E-state index contributed by atoms with van der Waals surface area (Å²) in [5.41, 5.74) is 0.855. The molecular weight excluding hydrogens is 1150 g/mol. The van der Waals surface area contributed by atoms with E-state index in [-0.39, 0.29) is 24.7 Å². The number of nitrogens with one attached hydrogen (secondary N) is 3. The summed E-state index contributed by atoms with van der Waals surface area (Å²) in [5, 5.41) is 16.4. The molecule has 6 heterocycles. The Morgan fingerprint density at radius 1 is 0.622 bits per heavy atom. The summed E-state index contributed by atoms with van der Waals surface area (Å²) in [6.07, 6.45) is -11.7. The first-order valence-electron chi connectivity index (χ1n) is 24.2. The minimum absolute atomic E-state index is 0.135. The van der Waals surface area contributed by atoms with Gasteiger partial charge in [0.05, 0.1) is 50.6 Å². The number of thiazole rings is 2. The number of amides is 3. The number of piperazine rings is 2. The van der Waals surface area contributed by atoms with Crippen LogP contribution in [0, 0.1) is 0 Å². The zero-order chi connectivity index (χ0) is 59.6. The van der Waals surface area contributed by atoms with Gasteiger partial charge in [0, 0.05) is 66.6 Å². The molecule has 2 atom stereocenters. The lowest BCUT2D eigenvalue weighted by Gasteiger charge is -2.39. The molecule has 4 aromatic heterocycles. The van der Waals surface area contributed by atoms with Crippen molar-refractivity contribution in [1.29, 1.82) is 0 Å². The number of aliphatic carboxylic acids is 1. The molecule has 21 nitrogen and oxygen atoms in total. The minimum Gasteiger partial charge on any atom is -0.479 e. The molecule has 442 valence electrons. The number of rotatable bonds is 13. The third kappa shape index (κ3) is 18.2. The molecule has 3 amide bonds. The Morgan fingerprint density at radius 2 is 1.07 bits per heavy atom. The van der Waals surface area contributed by atoms with Gasteiger partial charge in [-0.25, -0.2) is 34.3 Å². The fourth-order valence-electron chi connectivity index (χ4n) is 7.97. The van der Waals surface area contributed by atoms with Crippen molar-refractivity contribution in [3.8, 4) is 17.5 Å². The van der Waals surface area contributed by atoms with Crippen LogP contribution in [0.2, 0.25) is 0 Å². The number of hydrogen-bond donors (Lipinski definition) is 4. The van der Waals surface area contributed by atoms with Gasteiger partial charge >= 0.3 is 36.6 Å². The van der Waals surface area contributed by atoms with Crippen molar-refractivity contribution in [3.05, 3.63) is 114 Å². The average molecular weight is 1200 g/mol. The van der Waals surface area contributed by atoms with E-state index < -0.39 is 41.7 Å². The van der Waals surface area contributed by atoms with Crippen molar-refractivity contribution in [2.45, 2.75) is 30.6 Å². The number of para-hydroxylation sites is 1. The zero-order valence-corrected chi connectivity index (χ0v) is 45.5. The highest BCUT2D eigenvalue weighted by Gasteiger charge is 2.38. The summed E-state index contributed by atoms with van der Waals surface area (Å²) in [5.74, 6) is -1.61. The summed E-state index contributed by atoms with van der Waals surface area (Å²) in [6.45, 7) is 5.71. The van der Waals surface area contributed by atoms with Gasteiger partial charge in [-0.15, -0.1) is 0 Å². The second kappa shape index (κ2) is 29.4. The molecule has 3 aromatic carbocycles. The monoisotopic (exact) mass is 1200 g/mol. The number of carboxylic acids is 1. The van der Waals surface area contributed by atoms with Crippen LogP contribution in [0.4, 0.5) is 59.4 Å². The lowest BCUT2D eigenvalue weighted by molar-refractivity contribution is -0.192. The van der Waals surface area contributed by atoms with Crippen LogP contribution in [0.3, 0.4) is 0 Å². The highest BCUT2D eigenvalue weighted by molar-refractivity contribution is 7.22. The van der Waals surface area contributed by atoms with Gasteiger partial charge < -0.3 is 39.0 Å². The Kier molecular flexibility index (Phi) is 22.8. The standard InChI is InChI=1S/C21H23F3N6O3S.C14H19F3N2O.C13H10N4O3S.C2HF3O2/c1-32-11-15(13-4-3-5-14(10-13)21(22,23)24)29-6-8-30(9-7-29)20(31)28-19-27-16-17(33-2)25-12-26-18(16)34-19;1-20-10-13(19-7-5-18-6-8-19)11-3-2-4-12(9-11)14(15,16)17;1-19-10-9-11(15-7-14-10)21-12(16-9)17-13(18)20-8-5-3-2-4-6-8;3-2(4,5)1(6)7/h3-5,10,12,15H,6-9,11H2,1-2H3,(H,27,28,31);2-4,9,13,18H,5-8,10H2,1H3;2-7H,1H3,(H,16,17,18);(H,6,7). The first-order chi connectivity index (χ1) is 39.0. The molecular formula is C50H53F9N12O9S2. The van der Waals surface area contributed by atoms with E-state index in [1.54, 1.807) is 48.4 Å². The fraction of sp³-hybridized carbons (Fsp3) is 0.380. The van der Waals surface area contributed by atoms with Crippen molar-refractivity contribution in [2.75, 3.05) is 105 Å². The second-order valence-corrected chi connectivity index (χ2v) is 19.1. The molecule has 7 aromatic rings. The number of carboxylic acid groups (broad SMARTS) is 1. The number of ether oxygens (including phenoxy) is 5. The molecule has 9 rings (SSSR count). The number of hydrogen-bond acceptors (Lipinski definition) is 19. The van der Waals surface area contributed by atoms with Gasteiger partial charge in [-0.05, 0) is 47.5 Å². The van der Waals surface area contributed by atoms with E-state index in [1.807, 2.05) is 11.0 Å². The van der Waals surface area contributed by atoms with E-state index >= 15 is 0 Å². The molecule has 2 unspecified atom stereocenters. The van der Waals surface area contributed by atoms with Gasteiger partial charge in [0.25, 0.3) is 0 Å². The summed E-state index contributed by atoms with van der Waals surface area (Å²) >= 11 is 2.42. The number of carbonyl (C=O) groups is 3. The Balaban J connectivity index is 0.000000195. The van der Waals surface area contributed by atoms with Crippen LogP contribution >= 0.6 is 22.7 Å². The van der Waals surface area contributed by atoms with Crippen LogP contribution in [0.1, 0.15) is 34.3 Å². The molecule has 0 radical (unpaired) electrons. The highest BCUT2D eigenvalue weighted by Crippen LogP contribution is 2.35. The molecule has 0 spiro atoms. The first kappa shape index (κ1) is 63.6. The maximum absolute atomic E-state index is 13.2. The summed E-state index contributed by atoms with van der Waals surface area (Å²) < 4.78 is 136. The number of nitrogens with zero attached hydrogens (tertiary/aromatic N) is 9. The Bertz CT molecular complexity index is 3180. The molecule has 0 aliphatic carbocycles. The molecule has 2 aliphatic rings. The molecule has 0 saturated carbocycles. The van der Waals surface area contributed by atoms with Crippen molar-refractivity contribution >= 4 is 71.7 Å². The Hall–Kier alpha value is -7.62. The predicted molar refractivity (Wildman–Crippen MR) is 282 cm³/mol. The number of halogens is 9. The number of methoxy groups -OCH3 is 4. The topological polar surface area (TPSA) is 241 Å². The fourth-order valence-corrected chi connectivity index (χ4v) is 9.54. The molecule has 2 saturated heterocycles. The van der Waals surface area contributed by atoms with Gasteiger partial charge in [0.15, 0.2) is 31.0 Å². The number of benzene rings is 3. The van der Waals surface area contributed by atoms with Gasteiger partial charge in [-0.3, -0.25) is 20.4 Å². The van der Waals surface area contributed by atoms with E-state index in [4.69, 9.17) is 33.6 Å². The molecule has 2 fully saturated rings. The largest absolute Gasteiger partial charge is 0.490 e. The Labute approximate surface area is 469 Å². The van der Waals surface area contributed by atoms with Crippen LogP contribution in [-0.2, 0) is 26.6 Å². The van der Waals surface area contributed by atoms with E-state index in [0.717, 1.165) is 44.4 Å². The zero-order valence-electron chi connectivity index (χ0n) is 43.8. The van der Waals surface area contributed by atoms with E-state index in [9.17, 15) is 49.1 Å². The third-order valence-corrected chi connectivity index (χ3v) is 13.6. The van der Waals surface area contributed by atoms with E-state index in [2.05, 4.69) is 50.8 Å². The maximum Gasteiger partial charge on any atom is 0.490 e.